The van der Waals surface area contributed by atoms with Gasteiger partial charge in [0.15, 0.2) is 0 Å². The van der Waals surface area contributed by atoms with E-state index in [-0.39, 0.29) is 12.6 Å². The minimum atomic E-state index is -1.33. The lowest BCUT2D eigenvalue weighted by atomic mass is 10.1. The number of hydrogen-bond donors (Lipinski definition) is 5. The summed E-state index contributed by atoms with van der Waals surface area (Å²) in [6.45, 7) is 9.77. The van der Waals surface area contributed by atoms with Gasteiger partial charge in [0, 0.05) is 44.1 Å². The molecule has 2 aliphatic rings. The van der Waals surface area contributed by atoms with Gasteiger partial charge in [0.05, 0.1) is 30.0 Å². The predicted molar refractivity (Wildman–Crippen MR) is 141 cm³/mol. The molecular weight excluding hydrogens is 463 g/mol. The third kappa shape index (κ3) is 6.79. The molecule has 0 bridgehead atoms. The van der Waals surface area contributed by atoms with Crippen molar-refractivity contribution in [2.75, 3.05) is 41.7 Å². The van der Waals surface area contributed by atoms with Gasteiger partial charge in [0.2, 0.25) is 5.95 Å². The molecule has 5 N–H and O–H groups in total. The maximum Gasteiger partial charge on any atom is 0.227 e. The van der Waals surface area contributed by atoms with E-state index in [1.807, 2.05) is 24.8 Å². The van der Waals surface area contributed by atoms with Crippen molar-refractivity contribution in [3.63, 3.8) is 0 Å². The molecule has 10 nitrogen and oxygen atoms in total. The number of amidine groups is 1. The minimum Gasteiger partial charge on any atom is -0.391 e. The van der Waals surface area contributed by atoms with E-state index < -0.39 is 18.4 Å². The lowest BCUT2D eigenvalue weighted by Crippen LogP contribution is -2.45. The van der Waals surface area contributed by atoms with Crippen molar-refractivity contribution in [3.05, 3.63) is 30.1 Å². The number of likely N-dealkylation sites (tertiary alicyclic amines) is 1. The molecule has 0 radical (unpaired) electrons. The molecule has 2 saturated heterocycles. The molecule has 11 heteroatoms. The SMILES string of the molecule is CC.CCC(C)Nc1cc(Nc2ccnc(N3CCC(O)C(F)C3)n2)ncc1C(=N)N1CCC(O)C1. The highest BCUT2D eigenvalue weighted by Gasteiger charge is 2.29. The summed E-state index contributed by atoms with van der Waals surface area (Å²) < 4.78 is 14.0. The van der Waals surface area contributed by atoms with Gasteiger partial charge < -0.3 is 30.6 Å². The van der Waals surface area contributed by atoms with Gasteiger partial charge in [-0.1, -0.05) is 20.8 Å². The Balaban J connectivity index is 0.00000176. The number of hydrogen-bond acceptors (Lipinski definition) is 9. The number of anilines is 4. The van der Waals surface area contributed by atoms with Crippen LogP contribution in [0.3, 0.4) is 0 Å². The van der Waals surface area contributed by atoms with Gasteiger partial charge in [-0.3, -0.25) is 5.41 Å². The average molecular weight is 503 g/mol. The number of aliphatic hydroxyl groups excluding tert-OH is 2. The lowest BCUT2D eigenvalue weighted by molar-refractivity contribution is 0.0612. The Morgan fingerprint density at radius 2 is 1.97 bits per heavy atom. The fraction of sp³-hybridized carbons (Fsp3) is 0.600. The van der Waals surface area contributed by atoms with Crippen molar-refractivity contribution >= 4 is 29.1 Å². The first-order valence-corrected chi connectivity index (χ1v) is 12.8. The van der Waals surface area contributed by atoms with Gasteiger partial charge in [0.25, 0.3) is 0 Å². The Kier molecular flexibility index (Phi) is 9.77. The Labute approximate surface area is 212 Å². The second-order valence-electron chi connectivity index (χ2n) is 8.99. The highest BCUT2D eigenvalue weighted by Crippen LogP contribution is 2.26. The van der Waals surface area contributed by atoms with Crippen LogP contribution in [0.15, 0.2) is 24.5 Å². The van der Waals surface area contributed by atoms with Crippen molar-refractivity contribution in [3.8, 4) is 0 Å². The van der Waals surface area contributed by atoms with Crippen LogP contribution in [0, 0.1) is 5.41 Å². The topological polar surface area (TPSA) is 134 Å². The van der Waals surface area contributed by atoms with Gasteiger partial charge in [0.1, 0.15) is 23.6 Å². The molecule has 0 amide bonds. The van der Waals surface area contributed by atoms with E-state index in [1.54, 1.807) is 23.4 Å². The zero-order chi connectivity index (χ0) is 26.2. The summed E-state index contributed by atoms with van der Waals surface area (Å²) in [6.07, 6.45) is 2.46. The number of alkyl halides is 1. The quantitative estimate of drug-likeness (QED) is 0.286. The molecule has 4 rings (SSSR count). The lowest BCUT2D eigenvalue weighted by Gasteiger charge is -2.32. The normalized spacial score (nSPS) is 22.5. The molecule has 4 unspecified atom stereocenters. The molecule has 2 aromatic heterocycles. The maximum atomic E-state index is 14.0. The molecule has 198 valence electrons. The first-order chi connectivity index (χ1) is 17.3. The fourth-order valence-corrected chi connectivity index (χ4v) is 4.09. The third-order valence-corrected chi connectivity index (χ3v) is 6.34. The molecule has 2 fully saturated rings. The van der Waals surface area contributed by atoms with Crippen molar-refractivity contribution in [2.45, 2.75) is 71.4 Å². The minimum absolute atomic E-state index is 0.0495. The largest absolute Gasteiger partial charge is 0.391 e. The zero-order valence-corrected chi connectivity index (χ0v) is 21.6. The Hall–Kier alpha value is -3.05. The predicted octanol–water partition coefficient (Wildman–Crippen LogP) is 3.15. The van der Waals surface area contributed by atoms with E-state index in [0.29, 0.717) is 61.5 Å². The number of β-amino-alcohol motifs (C(OH)–C–C–N with tert-alkyl or cyclic N) is 1. The average Bonchev–Trinajstić information content (AvgIpc) is 3.33. The Morgan fingerprint density at radius 3 is 2.64 bits per heavy atom. The summed E-state index contributed by atoms with van der Waals surface area (Å²) in [5.74, 6) is 1.78. The summed E-state index contributed by atoms with van der Waals surface area (Å²) >= 11 is 0. The number of nitrogens with zero attached hydrogens (tertiary/aromatic N) is 5. The monoisotopic (exact) mass is 502 g/mol. The molecule has 2 aromatic rings. The summed E-state index contributed by atoms with van der Waals surface area (Å²) in [5, 5.41) is 34.8. The van der Waals surface area contributed by atoms with Crippen LogP contribution >= 0.6 is 0 Å². The van der Waals surface area contributed by atoms with Crippen LogP contribution in [0.2, 0.25) is 0 Å². The van der Waals surface area contributed by atoms with Crippen LogP contribution in [0.4, 0.5) is 27.7 Å². The van der Waals surface area contributed by atoms with Crippen molar-refractivity contribution < 1.29 is 14.6 Å². The number of pyridine rings is 1. The van der Waals surface area contributed by atoms with E-state index in [0.717, 1.165) is 12.1 Å². The summed E-state index contributed by atoms with van der Waals surface area (Å²) in [7, 11) is 0. The van der Waals surface area contributed by atoms with Crippen LogP contribution in [-0.4, -0.2) is 86.5 Å². The number of rotatable bonds is 7. The second-order valence-corrected chi connectivity index (χ2v) is 8.99. The van der Waals surface area contributed by atoms with E-state index in [1.165, 1.54) is 0 Å². The van der Waals surface area contributed by atoms with Crippen molar-refractivity contribution in [1.29, 1.82) is 5.41 Å². The van der Waals surface area contributed by atoms with E-state index >= 15 is 0 Å². The van der Waals surface area contributed by atoms with Gasteiger partial charge in [-0.05, 0) is 32.3 Å². The first kappa shape index (κ1) is 27.5. The van der Waals surface area contributed by atoms with Crippen LogP contribution in [-0.2, 0) is 0 Å². The third-order valence-electron chi connectivity index (χ3n) is 6.34. The van der Waals surface area contributed by atoms with Gasteiger partial charge in [-0.15, -0.1) is 0 Å². The molecule has 4 atom stereocenters. The number of nitrogens with one attached hydrogen (secondary N) is 3. The van der Waals surface area contributed by atoms with Gasteiger partial charge in [-0.25, -0.2) is 14.4 Å². The van der Waals surface area contributed by atoms with Crippen molar-refractivity contribution in [2.24, 2.45) is 0 Å². The number of aliphatic hydroxyl groups is 2. The van der Waals surface area contributed by atoms with E-state index in [4.69, 9.17) is 5.41 Å². The standard InChI is InChI=1S/C23H33FN8O2.C2H6/c1-3-14(2)28-18-10-21(27-11-16(18)22(25)31-8-5-15(33)12-31)29-20-4-7-26-23(30-20)32-9-6-19(34)17(24)13-32;1-2/h4,7,10-11,14-15,17,19,25,33-34H,3,5-6,8-9,12-13H2,1-2H3,(H2,26,27,28,29,30);1-2H3. The highest BCUT2D eigenvalue weighted by molar-refractivity contribution is 6.01. The number of piperidine rings is 1. The van der Waals surface area contributed by atoms with Crippen LogP contribution in [0.1, 0.15) is 52.5 Å². The molecule has 2 aliphatic heterocycles. The Bertz CT molecular complexity index is 1010. The van der Waals surface area contributed by atoms with Crippen LogP contribution in [0.25, 0.3) is 0 Å². The molecular formula is C25H39FN8O2. The van der Waals surface area contributed by atoms with Gasteiger partial charge in [-0.2, -0.15) is 4.98 Å². The maximum absolute atomic E-state index is 14.0. The molecule has 0 spiro atoms. The van der Waals surface area contributed by atoms with E-state index in [9.17, 15) is 14.6 Å². The summed E-state index contributed by atoms with van der Waals surface area (Å²) in [4.78, 5) is 16.8. The molecule has 36 heavy (non-hydrogen) atoms. The first-order valence-electron chi connectivity index (χ1n) is 12.8. The van der Waals surface area contributed by atoms with Crippen molar-refractivity contribution in [1.82, 2.24) is 19.9 Å². The fourth-order valence-electron chi connectivity index (χ4n) is 4.09. The second kappa shape index (κ2) is 12.8. The summed E-state index contributed by atoms with van der Waals surface area (Å²) in [6, 6.07) is 3.75. The molecule has 4 heterocycles. The Morgan fingerprint density at radius 1 is 1.19 bits per heavy atom. The number of aromatic nitrogens is 3. The highest BCUT2D eigenvalue weighted by atomic mass is 19.1. The van der Waals surface area contributed by atoms with Gasteiger partial charge >= 0.3 is 0 Å². The van der Waals surface area contributed by atoms with E-state index in [2.05, 4.69) is 39.4 Å². The van der Waals surface area contributed by atoms with Crippen LogP contribution < -0.4 is 15.5 Å². The molecule has 0 aliphatic carbocycles. The smallest absolute Gasteiger partial charge is 0.227 e. The molecule has 0 aromatic carbocycles. The zero-order valence-electron chi connectivity index (χ0n) is 21.6. The molecule has 0 saturated carbocycles. The van der Waals surface area contributed by atoms with Crippen LogP contribution in [0.5, 0.6) is 0 Å². The number of halogens is 1. The summed E-state index contributed by atoms with van der Waals surface area (Å²) in [5.41, 5.74) is 1.45.